The SMILES string of the molecule is COc1ccc([C@@H]2CNC[C@@]2(C)C(C)O)cc1OC1CCCC1. The van der Waals surface area contributed by atoms with Gasteiger partial charge in [0.1, 0.15) is 0 Å². The van der Waals surface area contributed by atoms with Gasteiger partial charge in [-0.1, -0.05) is 13.0 Å². The van der Waals surface area contributed by atoms with Crippen LogP contribution in [0.25, 0.3) is 0 Å². The van der Waals surface area contributed by atoms with E-state index in [0.29, 0.717) is 6.10 Å². The summed E-state index contributed by atoms with van der Waals surface area (Å²) in [4.78, 5) is 0. The Morgan fingerprint density at radius 1 is 1.26 bits per heavy atom. The Morgan fingerprint density at radius 3 is 2.65 bits per heavy atom. The van der Waals surface area contributed by atoms with Crippen LogP contribution < -0.4 is 14.8 Å². The summed E-state index contributed by atoms with van der Waals surface area (Å²) in [5.41, 5.74) is 1.06. The molecule has 2 N–H and O–H groups in total. The third-order valence-corrected chi connectivity index (χ3v) is 5.79. The Bertz CT molecular complexity index is 539. The molecule has 4 nitrogen and oxygen atoms in total. The molecular formula is C19H29NO3. The summed E-state index contributed by atoms with van der Waals surface area (Å²) < 4.78 is 11.7. The first kappa shape index (κ1) is 16.6. The zero-order valence-electron chi connectivity index (χ0n) is 14.5. The van der Waals surface area contributed by atoms with Crippen LogP contribution in [0.15, 0.2) is 18.2 Å². The largest absolute Gasteiger partial charge is 0.493 e. The highest BCUT2D eigenvalue weighted by Crippen LogP contribution is 2.44. The molecule has 0 bridgehead atoms. The Hall–Kier alpha value is -1.26. The van der Waals surface area contributed by atoms with E-state index in [1.165, 1.54) is 18.4 Å². The van der Waals surface area contributed by atoms with E-state index >= 15 is 0 Å². The fourth-order valence-corrected chi connectivity index (χ4v) is 3.97. The maximum atomic E-state index is 10.2. The van der Waals surface area contributed by atoms with E-state index in [2.05, 4.69) is 24.4 Å². The Kier molecular flexibility index (Phi) is 4.83. The summed E-state index contributed by atoms with van der Waals surface area (Å²) in [6, 6.07) is 6.23. The van der Waals surface area contributed by atoms with Crippen LogP contribution in [-0.4, -0.2) is 37.5 Å². The molecule has 3 rings (SSSR count). The van der Waals surface area contributed by atoms with Crippen LogP contribution in [0.3, 0.4) is 0 Å². The van der Waals surface area contributed by atoms with Crippen molar-refractivity contribution in [3.05, 3.63) is 23.8 Å². The van der Waals surface area contributed by atoms with Crippen LogP contribution in [0.2, 0.25) is 0 Å². The van der Waals surface area contributed by atoms with Crippen LogP contribution in [-0.2, 0) is 0 Å². The second-order valence-electron chi connectivity index (χ2n) is 7.30. The molecule has 128 valence electrons. The quantitative estimate of drug-likeness (QED) is 0.876. The third kappa shape index (κ3) is 3.20. The van der Waals surface area contributed by atoms with Gasteiger partial charge >= 0.3 is 0 Å². The van der Waals surface area contributed by atoms with Crippen LogP contribution in [0.4, 0.5) is 0 Å². The molecule has 1 aliphatic heterocycles. The van der Waals surface area contributed by atoms with Gasteiger partial charge in [0.05, 0.1) is 19.3 Å². The van der Waals surface area contributed by atoms with Crippen molar-refractivity contribution in [2.24, 2.45) is 5.41 Å². The number of nitrogens with one attached hydrogen (secondary N) is 1. The molecular weight excluding hydrogens is 290 g/mol. The van der Waals surface area contributed by atoms with Crippen LogP contribution in [0.1, 0.15) is 51.0 Å². The summed E-state index contributed by atoms with van der Waals surface area (Å²) >= 11 is 0. The Morgan fingerprint density at radius 2 is 2.00 bits per heavy atom. The molecule has 0 spiro atoms. The number of methoxy groups -OCH3 is 1. The monoisotopic (exact) mass is 319 g/mol. The normalized spacial score (nSPS) is 29.7. The molecule has 23 heavy (non-hydrogen) atoms. The first-order chi connectivity index (χ1) is 11.0. The van der Waals surface area contributed by atoms with Crippen LogP contribution in [0, 0.1) is 5.41 Å². The fourth-order valence-electron chi connectivity index (χ4n) is 3.97. The Labute approximate surface area is 139 Å². The summed E-state index contributed by atoms with van der Waals surface area (Å²) in [5.74, 6) is 1.92. The third-order valence-electron chi connectivity index (χ3n) is 5.79. The van der Waals surface area contributed by atoms with E-state index in [0.717, 1.165) is 37.4 Å². The van der Waals surface area contributed by atoms with Crippen molar-refractivity contribution in [2.75, 3.05) is 20.2 Å². The molecule has 1 unspecified atom stereocenters. The standard InChI is InChI=1S/C19H29NO3/c1-13(21)19(2)12-20-11-16(19)14-8-9-17(22-3)18(10-14)23-15-6-4-5-7-15/h8-10,13,15-16,20-21H,4-7,11-12H2,1-3H3/t13?,16-,19-/m0/s1. The van der Waals surface area contributed by atoms with Crippen LogP contribution in [0.5, 0.6) is 11.5 Å². The first-order valence-electron chi connectivity index (χ1n) is 8.78. The van der Waals surface area contributed by atoms with Crippen molar-refractivity contribution < 1.29 is 14.6 Å². The predicted octanol–water partition coefficient (Wildman–Crippen LogP) is 3.09. The maximum Gasteiger partial charge on any atom is 0.161 e. The van der Waals surface area contributed by atoms with E-state index in [1.54, 1.807) is 7.11 Å². The number of aliphatic hydroxyl groups excluding tert-OH is 1. The molecule has 4 heteroatoms. The van der Waals surface area contributed by atoms with Crippen molar-refractivity contribution in [3.8, 4) is 11.5 Å². The molecule has 0 amide bonds. The fraction of sp³-hybridized carbons (Fsp3) is 0.684. The number of ether oxygens (including phenoxy) is 2. The molecule has 2 fully saturated rings. The maximum absolute atomic E-state index is 10.2. The molecule has 1 aliphatic carbocycles. The van der Waals surface area contributed by atoms with Gasteiger partial charge in [-0.2, -0.15) is 0 Å². The zero-order valence-corrected chi connectivity index (χ0v) is 14.5. The number of rotatable bonds is 5. The number of hydrogen-bond acceptors (Lipinski definition) is 4. The van der Waals surface area contributed by atoms with E-state index in [9.17, 15) is 5.11 Å². The number of benzene rings is 1. The summed E-state index contributed by atoms with van der Waals surface area (Å²) in [6.07, 6.45) is 4.71. The highest BCUT2D eigenvalue weighted by molar-refractivity contribution is 5.45. The van der Waals surface area contributed by atoms with Gasteiger partial charge < -0.3 is 19.9 Å². The van der Waals surface area contributed by atoms with Gasteiger partial charge in [-0.25, -0.2) is 0 Å². The predicted molar refractivity (Wildman–Crippen MR) is 91.3 cm³/mol. The first-order valence-corrected chi connectivity index (χ1v) is 8.78. The van der Waals surface area contributed by atoms with E-state index in [4.69, 9.17) is 9.47 Å². The zero-order chi connectivity index (χ0) is 16.4. The topological polar surface area (TPSA) is 50.7 Å². The lowest BCUT2D eigenvalue weighted by Gasteiger charge is -2.34. The average Bonchev–Trinajstić information content (AvgIpc) is 3.17. The summed E-state index contributed by atoms with van der Waals surface area (Å²) in [6.45, 7) is 5.76. The Balaban J connectivity index is 1.87. The highest BCUT2D eigenvalue weighted by Gasteiger charge is 2.43. The van der Waals surface area contributed by atoms with E-state index in [1.807, 2.05) is 13.0 Å². The second kappa shape index (κ2) is 6.70. The lowest BCUT2D eigenvalue weighted by Crippen LogP contribution is -2.36. The van der Waals surface area contributed by atoms with Crippen molar-refractivity contribution in [3.63, 3.8) is 0 Å². The lowest BCUT2D eigenvalue weighted by molar-refractivity contribution is 0.0548. The molecule has 1 aromatic carbocycles. The molecule has 3 atom stereocenters. The van der Waals surface area contributed by atoms with Gasteiger partial charge in [-0.05, 0) is 50.3 Å². The second-order valence-corrected chi connectivity index (χ2v) is 7.30. The molecule has 1 heterocycles. The van der Waals surface area contributed by atoms with Crippen molar-refractivity contribution in [1.82, 2.24) is 5.32 Å². The molecule has 1 aromatic rings. The van der Waals surface area contributed by atoms with E-state index < -0.39 is 0 Å². The summed E-state index contributed by atoms with van der Waals surface area (Å²) in [5, 5.41) is 13.7. The summed E-state index contributed by atoms with van der Waals surface area (Å²) in [7, 11) is 1.69. The molecule has 0 aromatic heterocycles. The molecule has 0 radical (unpaired) electrons. The van der Waals surface area contributed by atoms with Gasteiger partial charge in [0.2, 0.25) is 0 Å². The van der Waals surface area contributed by atoms with Gasteiger partial charge in [0.25, 0.3) is 0 Å². The highest BCUT2D eigenvalue weighted by atomic mass is 16.5. The minimum absolute atomic E-state index is 0.154. The molecule has 2 aliphatic rings. The molecule has 1 saturated heterocycles. The lowest BCUT2D eigenvalue weighted by atomic mass is 9.72. The van der Waals surface area contributed by atoms with Crippen molar-refractivity contribution in [1.29, 1.82) is 0 Å². The van der Waals surface area contributed by atoms with Crippen LogP contribution >= 0.6 is 0 Å². The van der Waals surface area contributed by atoms with Gasteiger partial charge in [0, 0.05) is 24.4 Å². The van der Waals surface area contributed by atoms with Gasteiger partial charge in [0.15, 0.2) is 11.5 Å². The number of hydrogen-bond donors (Lipinski definition) is 2. The van der Waals surface area contributed by atoms with Gasteiger partial charge in [-0.3, -0.25) is 0 Å². The van der Waals surface area contributed by atoms with Crippen molar-refractivity contribution in [2.45, 2.75) is 57.7 Å². The average molecular weight is 319 g/mol. The number of aliphatic hydroxyl groups is 1. The smallest absolute Gasteiger partial charge is 0.161 e. The van der Waals surface area contributed by atoms with E-state index in [-0.39, 0.29) is 17.4 Å². The van der Waals surface area contributed by atoms with Crippen molar-refractivity contribution >= 4 is 0 Å². The van der Waals surface area contributed by atoms with Gasteiger partial charge in [-0.15, -0.1) is 0 Å². The minimum atomic E-state index is -0.358. The minimum Gasteiger partial charge on any atom is -0.493 e. The molecule has 1 saturated carbocycles.